The number of aliphatic carboxylic acids is 1. The van der Waals surface area contributed by atoms with E-state index in [1.165, 1.54) is 0 Å². The molecule has 2 N–H and O–H groups in total. The molecule has 0 aromatic rings. The van der Waals surface area contributed by atoms with E-state index in [1.54, 1.807) is 11.8 Å². The van der Waals surface area contributed by atoms with Gasteiger partial charge in [0.1, 0.15) is 12.1 Å². The van der Waals surface area contributed by atoms with Gasteiger partial charge < -0.3 is 15.3 Å². The van der Waals surface area contributed by atoms with Crippen LogP contribution < -0.4 is 5.32 Å². The number of likely N-dealkylation sites (tertiary alicyclic amines) is 1. The number of amides is 4. The number of urea groups is 1. The Morgan fingerprint density at radius 2 is 2.00 bits per heavy atom. The Kier molecular flexibility index (Phi) is 4.71. The van der Waals surface area contributed by atoms with Crippen LogP contribution in [0.4, 0.5) is 4.79 Å². The summed E-state index contributed by atoms with van der Waals surface area (Å²) in [5.74, 6) is -1.06. The molecule has 8 nitrogen and oxygen atoms in total. The number of carbonyl (C=O) groups excluding carboxylic acids is 3. The molecule has 138 valence electrons. The SMILES string of the molecule is CC1(C2CC2)NC(=O)N(CC(=O)N2CCCC(CCC(=O)O)C2)C1=O. The largest absolute Gasteiger partial charge is 0.481 e. The Bertz CT molecular complexity index is 603. The molecule has 3 fully saturated rings. The minimum Gasteiger partial charge on any atom is -0.481 e. The fraction of sp³-hybridized carbons (Fsp3) is 0.765. The molecule has 2 heterocycles. The van der Waals surface area contributed by atoms with E-state index in [1.807, 2.05) is 0 Å². The highest BCUT2D eigenvalue weighted by atomic mass is 16.4. The minimum atomic E-state index is -0.872. The highest BCUT2D eigenvalue weighted by Gasteiger charge is 2.56. The van der Waals surface area contributed by atoms with E-state index < -0.39 is 17.5 Å². The van der Waals surface area contributed by atoms with Crippen LogP contribution >= 0.6 is 0 Å². The normalized spacial score (nSPS) is 29.7. The number of hydrogen-bond donors (Lipinski definition) is 2. The van der Waals surface area contributed by atoms with E-state index >= 15 is 0 Å². The third-order valence-electron chi connectivity index (χ3n) is 5.63. The Balaban J connectivity index is 1.57. The van der Waals surface area contributed by atoms with E-state index in [-0.39, 0.29) is 36.6 Å². The van der Waals surface area contributed by atoms with Gasteiger partial charge in [-0.15, -0.1) is 0 Å². The van der Waals surface area contributed by atoms with Crippen molar-refractivity contribution in [1.82, 2.24) is 15.1 Å². The molecule has 0 radical (unpaired) electrons. The van der Waals surface area contributed by atoms with Gasteiger partial charge in [-0.3, -0.25) is 19.3 Å². The van der Waals surface area contributed by atoms with Gasteiger partial charge in [-0.05, 0) is 50.9 Å². The first-order valence-corrected chi connectivity index (χ1v) is 8.95. The fourth-order valence-corrected chi connectivity index (χ4v) is 3.89. The maximum atomic E-state index is 12.6. The highest BCUT2D eigenvalue weighted by Crippen LogP contribution is 2.42. The zero-order valence-electron chi connectivity index (χ0n) is 14.5. The Hall–Kier alpha value is -2.12. The van der Waals surface area contributed by atoms with E-state index in [0.717, 1.165) is 30.6 Å². The quantitative estimate of drug-likeness (QED) is 0.689. The lowest BCUT2D eigenvalue weighted by atomic mass is 9.93. The van der Waals surface area contributed by atoms with Crippen molar-refractivity contribution in [3.8, 4) is 0 Å². The summed E-state index contributed by atoms with van der Waals surface area (Å²) < 4.78 is 0. The Morgan fingerprint density at radius 1 is 1.28 bits per heavy atom. The molecule has 2 unspecified atom stereocenters. The van der Waals surface area contributed by atoms with Crippen molar-refractivity contribution in [2.45, 2.75) is 51.0 Å². The van der Waals surface area contributed by atoms with Gasteiger partial charge in [0.05, 0.1) is 0 Å². The Morgan fingerprint density at radius 3 is 2.64 bits per heavy atom. The van der Waals surface area contributed by atoms with Crippen molar-refractivity contribution in [2.75, 3.05) is 19.6 Å². The highest BCUT2D eigenvalue weighted by molar-refractivity contribution is 6.09. The molecule has 2 atom stereocenters. The first-order chi connectivity index (χ1) is 11.8. The average molecular weight is 351 g/mol. The van der Waals surface area contributed by atoms with Crippen LogP contribution in [0, 0.1) is 11.8 Å². The fourth-order valence-electron chi connectivity index (χ4n) is 3.89. The van der Waals surface area contributed by atoms with E-state index in [2.05, 4.69) is 5.32 Å². The molecule has 4 amide bonds. The predicted octanol–water partition coefficient (Wildman–Crippen LogP) is 0.810. The molecule has 2 aliphatic heterocycles. The van der Waals surface area contributed by atoms with Gasteiger partial charge in [-0.1, -0.05) is 0 Å². The molecule has 1 aliphatic carbocycles. The summed E-state index contributed by atoms with van der Waals surface area (Å²) in [6.07, 6.45) is 4.20. The molecule has 8 heteroatoms. The van der Waals surface area contributed by atoms with Crippen molar-refractivity contribution < 1.29 is 24.3 Å². The monoisotopic (exact) mass is 351 g/mol. The summed E-state index contributed by atoms with van der Waals surface area (Å²) in [7, 11) is 0. The maximum Gasteiger partial charge on any atom is 0.325 e. The molecular formula is C17H25N3O5. The average Bonchev–Trinajstić information content (AvgIpc) is 3.39. The number of piperidine rings is 1. The van der Waals surface area contributed by atoms with Gasteiger partial charge >= 0.3 is 12.0 Å². The number of carboxylic acids is 1. The van der Waals surface area contributed by atoms with Crippen LogP contribution in [0.3, 0.4) is 0 Å². The lowest BCUT2D eigenvalue weighted by molar-refractivity contribution is -0.140. The number of carbonyl (C=O) groups is 4. The number of imide groups is 1. The molecule has 0 bridgehead atoms. The topological polar surface area (TPSA) is 107 Å². The van der Waals surface area contributed by atoms with Gasteiger partial charge in [-0.25, -0.2) is 4.79 Å². The van der Waals surface area contributed by atoms with E-state index in [9.17, 15) is 19.2 Å². The minimum absolute atomic E-state index is 0.0967. The maximum absolute atomic E-state index is 12.6. The van der Waals surface area contributed by atoms with Crippen LogP contribution in [0.5, 0.6) is 0 Å². The molecule has 1 saturated carbocycles. The van der Waals surface area contributed by atoms with Crippen LogP contribution in [0.15, 0.2) is 0 Å². The summed E-state index contributed by atoms with van der Waals surface area (Å²) in [6.45, 7) is 2.58. The Labute approximate surface area is 146 Å². The molecular weight excluding hydrogens is 326 g/mol. The summed E-state index contributed by atoms with van der Waals surface area (Å²) in [5, 5.41) is 11.5. The van der Waals surface area contributed by atoms with Crippen molar-refractivity contribution in [3.05, 3.63) is 0 Å². The van der Waals surface area contributed by atoms with Gasteiger partial charge in [0.2, 0.25) is 5.91 Å². The van der Waals surface area contributed by atoms with Gasteiger partial charge in [0.15, 0.2) is 0 Å². The van der Waals surface area contributed by atoms with Crippen LogP contribution in [0.25, 0.3) is 0 Å². The molecule has 0 aromatic carbocycles. The first kappa shape index (κ1) is 17.7. The summed E-state index contributed by atoms with van der Waals surface area (Å²) >= 11 is 0. The number of carboxylic acid groups (broad SMARTS) is 1. The third kappa shape index (κ3) is 3.62. The molecule has 0 spiro atoms. The molecule has 0 aromatic heterocycles. The first-order valence-electron chi connectivity index (χ1n) is 8.95. The molecule has 25 heavy (non-hydrogen) atoms. The van der Waals surface area contributed by atoms with Crippen LogP contribution in [-0.2, 0) is 14.4 Å². The number of hydrogen-bond acceptors (Lipinski definition) is 4. The second-order valence-corrected chi connectivity index (χ2v) is 7.58. The van der Waals surface area contributed by atoms with Crippen LogP contribution in [0.2, 0.25) is 0 Å². The summed E-state index contributed by atoms with van der Waals surface area (Å²) in [5.41, 5.74) is -0.872. The van der Waals surface area contributed by atoms with Gasteiger partial charge in [0.25, 0.3) is 5.91 Å². The van der Waals surface area contributed by atoms with Crippen LogP contribution in [0.1, 0.15) is 45.4 Å². The number of rotatable bonds is 6. The summed E-state index contributed by atoms with van der Waals surface area (Å²) in [4.78, 5) is 50.7. The third-order valence-corrected chi connectivity index (χ3v) is 5.63. The summed E-state index contributed by atoms with van der Waals surface area (Å²) in [6, 6.07) is -0.493. The van der Waals surface area contributed by atoms with Crippen molar-refractivity contribution in [2.24, 2.45) is 11.8 Å². The van der Waals surface area contributed by atoms with Gasteiger partial charge in [-0.2, -0.15) is 0 Å². The standard InChI is InChI=1S/C17H25N3O5/c1-17(12-5-6-12)15(24)20(16(25)18-17)10-13(21)19-8-2-3-11(9-19)4-7-14(22)23/h11-12H,2-10H2,1H3,(H,18,25)(H,22,23). The van der Waals surface area contributed by atoms with Gasteiger partial charge in [0, 0.05) is 19.5 Å². The second kappa shape index (κ2) is 6.65. The zero-order chi connectivity index (χ0) is 18.2. The molecule has 3 aliphatic rings. The lowest BCUT2D eigenvalue weighted by Gasteiger charge is -2.33. The lowest BCUT2D eigenvalue weighted by Crippen LogP contribution is -2.48. The van der Waals surface area contributed by atoms with E-state index in [4.69, 9.17) is 5.11 Å². The molecule has 3 rings (SSSR count). The number of nitrogens with zero attached hydrogens (tertiary/aromatic N) is 2. The van der Waals surface area contributed by atoms with Crippen molar-refractivity contribution >= 4 is 23.8 Å². The number of nitrogens with one attached hydrogen (secondary N) is 1. The molecule has 2 saturated heterocycles. The van der Waals surface area contributed by atoms with Crippen LogP contribution in [-0.4, -0.2) is 63.9 Å². The smallest absolute Gasteiger partial charge is 0.325 e. The van der Waals surface area contributed by atoms with E-state index in [0.29, 0.717) is 19.5 Å². The van der Waals surface area contributed by atoms with Crippen molar-refractivity contribution in [1.29, 1.82) is 0 Å². The second-order valence-electron chi connectivity index (χ2n) is 7.58. The van der Waals surface area contributed by atoms with Crippen molar-refractivity contribution in [3.63, 3.8) is 0 Å². The zero-order valence-corrected chi connectivity index (χ0v) is 14.5. The predicted molar refractivity (Wildman–Crippen MR) is 87.5 cm³/mol.